The summed E-state index contributed by atoms with van der Waals surface area (Å²) in [7, 11) is 0. The third kappa shape index (κ3) is 1.71. The first-order valence-corrected chi connectivity index (χ1v) is 5.26. The number of aliphatic carboxylic acids is 1. The molecule has 82 valence electrons. The number of anilines is 1. The van der Waals surface area contributed by atoms with E-state index in [4.69, 9.17) is 5.11 Å². The number of hydrogen-bond acceptors (Lipinski definition) is 3. The number of nitrogens with zero attached hydrogens (tertiary/aromatic N) is 2. The van der Waals surface area contributed by atoms with Crippen molar-refractivity contribution in [3.63, 3.8) is 0 Å². The summed E-state index contributed by atoms with van der Waals surface area (Å²) in [5.74, 6) is -2.94. The number of hydrogen-bond donors (Lipinski definition) is 1. The van der Waals surface area contributed by atoms with Crippen molar-refractivity contribution in [3.8, 4) is 0 Å². The zero-order valence-corrected chi connectivity index (χ0v) is 9.59. The van der Waals surface area contributed by atoms with Crippen LogP contribution in [0.3, 0.4) is 0 Å². The molecule has 0 saturated heterocycles. The lowest BCUT2D eigenvalue weighted by molar-refractivity contribution is -0.142. The first-order chi connectivity index (χ1) is 7.61. The van der Waals surface area contributed by atoms with Crippen LogP contribution in [0.4, 0.5) is 5.69 Å². The Morgan fingerprint density at radius 2 is 2.12 bits per heavy atom. The van der Waals surface area contributed by atoms with Crippen LogP contribution in [0, 0.1) is 5.92 Å². The summed E-state index contributed by atoms with van der Waals surface area (Å²) in [5.41, 5.74) is 0.535. The number of hydrazone groups is 1. The van der Waals surface area contributed by atoms with E-state index >= 15 is 0 Å². The number of carbonyl (C=O) groups excluding carboxylic acids is 1. The maximum absolute atomic E-state index is 11.7. The molecule has 0 aliphatic carbocycles. The van der Waals surface area contributed by atoms with Crippen molar-refractivity contribution >= 4 is 39.7 Å². The van der Waals surface area contributed by atoms with Gasteiger partial charge in [-0.15, -0.1) is 0 Å². The van der Waals surface area contributed by atoms with Crippen molar-refractivity contribution in [3.05, 3.63) is 28.7 Å². The van der Waals surface area contributed by atoms with Crippen molar-refractivity contribution in [2.75, 3.05) is 5.01 Å². The summed E-state index contributed by atoms with van der Waals surface area (Å²) in [5, 5.41) is 13.7. The van der Waals surface area contributed by atoms with Crippen LogP contribution in [0.25, 0.3) is 0 Å². The summed E-state index contributed by atoms with van der Waals surface area (Å²) in [6.45, 7) is 0. The van der Waals surface area contributed by atoms with Crippen molar-refractivity contribution in [2.45, 2.75) is 0 Å². The fraction of sp³-hybridized carbons (Fsp3) is 0.100. The number of carboxylic acids is 1. The molecule has 16 heavy (non-hydrogen) atoms. The van der Waals surface area contributed by atoms with E-state index in [9.17, 15) is 9.59 Å². The quantitative estimate of drug-likeness (QED) is 0.836. The SMILES string of the molecule is O=C(O)C1C=NN(c2ccccc2Br)C1=O. The highest BCUT2D eigenvalue weighted by Crippen LogP contribution is 2.29. The molecule has 0 saturated carbocycles. The Bertz CT molecular complexity index is 487. The number of amides is 1. The summed E-state index contributed by atoms with van der Waals surface area (Å²) in [6.07, 6.45) is 1.13. The molecule has 0 fully saturated rings. The lowest BCUT2D eigenvalue weighted by Gasteiger charge is -2.14. The van der Waals surface area contributed by atoms with E-state index < -0.39 is 17.8 Å². The van der Waals surface area contributed by atoms with Gasteiger partial charge in [0, 0.05) is 10.7 Å². The van der Waals surface area contributed by atoms with Crippen LogP contribution in [0.5, 0.6) is 0 Å². The lowest BCUT2D eigenvalue weighted by atomic mass is 10.1. The van der Waals surface area contributed by atoms with E-state index in [1.165, 1.54) is 0 Å². The van der Waals surface area contributed by atoms with Crippen LogP contribution in [-0.4, -0.2) is 23.2 Å². The minimum Gasteiger partial charge on any atom is -0.480 e. The second kappa shape index (κ2) is 4.05. The van der Waals surface area contributed by atoms with E-state index in [1.54, 1.807) is 24.3 Å². The molecule has 1 unspecified atom stereocenters. The van der Waals surface area contributed by atoms with Crippen LogP contribution >= 0.6 is 15.9 Å². The van der Waals surface area contributed by atoms with Crippen molar-refractivity contribution in [1.82, 2.24) is 0 Å². The average Bonchev–Trinajstić information content (AvgIpc) is 2.61. The Hall–Kier alpha value is -1.69. The lowest BCUT2D eigenvalue weighted by Crippen LogP contribution is -2.30. The Morgan fingerprint density at radius 3 is 2.69 bits per heavy atom. The van der Waals surface area contributed by atoms with Crippen molar-refractivity contribution in [2.24, 2.45) is 11.0 Å². The van der Waals surface area contributed by atoms with E-state index in [0.717, 1.165) is 11.2 Å². The molecule has 1 aromatic carbocycles. The van der Waals surface area contributed by atoms with Gasteiger partial charge in [0.25, 0.3) is 5.91 Å². The number of benzene rings is 1. The zero-order chi connectivity index (χ0) is 11.7. The fourth-order valence-electron chi connectivity index (χ4n) is 1.36. The zero-order valence-electron chi connectivity index (χ0n) is 8.00. The van der Waals surface area contributed by atoms with Crippen molar-refractivity contribution in [1.29, 1.82) is 0 Å². The smallest absolute Gasteiger partial charge is 0.321 e. The average molecular weight is 283 g/mol. The molecule has 1 aromatic rings. The molecule has 0 spiro atoms. The highest BCUT2D eigenvalue weighted by molar-refractivity contribution is 9.10. The summed E-state index contributed by atoms with van der Waals surface area (Å²) in [4.78, 5) is 22.4. The van der Waals surface area contributed by atoms with Gasteiger partial charge in [-0.2, -0.15) is 10.1 Å². The van der Waals surface area contributed by atoms with Gasteiger partial charge in [-0.3, -0.25) is 9.59 Å². The number of rotatable bonds is 2. The monoisotopic (exact) mass is 282 g/mol. The second-order valence-electron chi connectivity index (χ2n) is 3.18. The normalized spacial score (nSPS) is 19.2. The van der Waals surface area contributed by atoms with Crippen LogP contribution in [0.1, 0.15) is 0 Å². The molecule has 2 rings (SSSR count). The van der Waals surface area contributed by atoms with E-state index in [-0.39, 0.29) is 0 Å². The summed E-state index contributed by atoms with van der Waals surface area (Å²) in [6, 6.07) is 6.99. The molecular weight excluding hydrogens is 276 g/mol. The summed E-state index contributed by atoms with van der Waals surface area (Å²) < 4.78 is 0.687. The topological polar surface area (TPSA) is 70.0 Å². The van der Waals surface area contributed by atoms with E-state index in [1.807, 2.05) is 0 Å². The predicted molar refractivity (Wildman–Crippen MR) is 61.2 cm³/mol. The van der Waals surface area contributed by atoms with Gasteiger partial charge in [-0.05, 0) is 28.1 Å². The Morgan fingerprint density at radius 1 is 1.44 bits per heavy atom. The van der Waals surface area contributed by atoms with Crippen LogP contribution < -0.4 is 5.01 Å². The molecule has 1 aliphatic heterocycles. The summed E-state index contributed by atoms with van der Waals surface area (Å²) >= 11 is 3.28. The first-order valence-electron chi connectivity index (χ1n) is 4.46. The van der Waals surface area contributed by atoms with E-state index in [0.29, 0.717) is 10.2 Å². The maximum Gasteiger partial charge on any atom is 0.321 e. The molecule has 1 amide bonds. The number of carbonyl (C=O) groups is 2. The molecule has 6 heteroatoms. The highest BCUT2D eigenvalue weighted by Gasteiger charge is 2.35. The van der Waals surface area contributed by atoms with Gasteiger partial charge >= 0.3 is 5.97 Å². The maximum atomic E-state index is 11.7. The van der Waals surface area contributed by atoms with Crippen LogP contribution in [0.15, 0.2) is 33.8 Å². The third-order valence-corrected chi connectivity index (χ3v) is 2.82. The van der Waals surface area contributed by atoms with Crippen molar-refractivity contribution < 1.29 is 14.7 Å². The van der Waals surface area contributed by atoms with Gasteiger partial charge < -0.3 is 5.11 Å². The van der Waals surface area contributed by atoms with Gasteiger partial charge in [0.1, 0.15) is 0 Å². The molecular formula is C10H7BrN2O3. The Balaban J connectivity index is 2.33. The Labute approximate surface area is 99.5 Å². The van der Waals surface area contributed by atoms with Gasteiger partial charge in [0.2, 0.25) is 0 Å². The number of halogens is 1. The first kappa shape index (κ1) is 10.8. The molecule has 1 heterocycles. The molecule has 0 bridgehead atoms. The van der Waals surface area contributed by atoms with Crippen LogP contribution in [0.2, 0.25) is 0 Å². The number of carboxylic acid groups (broad SMARTS) is 1. The minimum absolute atomic E-state index is 0.535. The van der Waals surface area contributed by atoms with Gasteiger partial charge in [-0.1, -0.05) is 12.1 Å². The number of para-hydroxylation sites is 1. The van der Waals surface area contributed by atoms with Gasteiger partial charge in [0.15, 0.2) is 5.92 Å². The standard InChI is InChI=1S/C10H7BrN2O3/c11-7-3-1-2-4-8(7)13-9(14)6(5-12-13)10(15)16/h1-6H,(H,15,16). The largest absolute Gasteiger partial charge is 0.480 e. The fourth-order valence-corrected chi connectivity index (χ4v) is 1.81. The predicted octanol–water partition coefficient (Wildman–Crippen LogP) is 1.48. The molecule has 0 aromatic heterocycles. The molecule has 1 N–H and O–H groups in total. The van der Waals surface area contributed by atoms with Gasteiger partial charge in [0.05, 0.1) is 5.69 Å². The third-order valence-electron chi connectivity index (χ3n) is 2.15. The molecule has 1 atom stereocenters. The minimum atomic E-state index is -1.19. The molecule has 1 aliphatic rings. The molecule has 0 radical (unpaired) electrons. The van der Waals surface area contributed by atoms with E-state index in [2.05, 4.69) is 21.0 Å². The molecule has 5 nitrogen and oxygen atoms in total. The Kier molecular flexibility index (Phi) is 2.74. The second-order valence-corrected chi connectivity index (χ2v) is 4.04. The van der Waals surface area contributed by atoms with Crippen LogP contribution in [-0.2, 0) is 9.59 Å². The van der Waals surface area contributed by atoms with Gasteiger partial charge in [-0.25, -0.2) is 0 Å². The highest BCUT2D eigenvalue weighted by atomic mass is 79.9.